The quantitative estimate of drug-likeness (QED) is 0.748. The molecule has 1 saturated carbocycles. The summed E-state index contributed by atoms with van der Waals surface area (Å²) in [6.07, 6.45) is 3.12. The van der Waals surface area contributed by atoms with E-state index < -0.39 is 0 Å². The summed E-state index contributed by atoms with van der Waals surface area (Å²) in [7, 11) is 0. The van der Waals surface area contributed by atoms with Crippen LogP contribution in [-0.2, 0) is 0 Å². The standard InChI is InChI=1S/C11H13N3S/c1-6-3-8-10(12-5-6)14(11(15)13-8)9-4-7(9)2/h3,5,7,9H,4H2,1-2H3,(H,13,15). The normalized spacial score (nSPS) is 24.7. The Balaban J connectivity index is 2.29. The van der Waals surface area contributed by atoms with Gasteiger partial charge < -0.3 is 4.98 Å². The van der Waals surface area contributed by atoms with Crippen LogP contribution in [0.5, 0.6) is 0 Å². The lowest BCUT2D eigenvalue weighted by Crippen LogP contribution is -1.96. The van der Waals surface area contributed by atoms with Crippen LogP contribution in [0.15, 0.2) is 12.3 Å². The molecule has 3 rings (SSSR count). The molecule has 0 aromatic carbocycles. The van der Waals surface area contributed by atoms with E-state index in [2.05, 4.69) is 27.5 Å². The number of aromatic amines is 1. The summed E-state index contributed by atoms with van der Waals surface area (Å²) in [6.45, 7) is 4.29. The van der Waals surface area contributed by atoms with E-state index in [1.165, 1.54) is 6.42 Å². The van der Waals surface area contributed by atoms with Gasteiger partial charge in [0.2, 0.25) is 0 Å². The Kier molecular flexibility index (Phi) is 1.77. The average molecular weight is 219 g/mol. The van der Waals surface area contributed by atoms with Gasteiger partial charge in [-0.15, -0.1) is 0 Å². The maximum atomic E-state index is 5.33. The number of fused-ring (bicyclic) bond motifs is 1. The highest BCUT2D eigenvalue weighted by Crippen LogP contribution is 2.44. The van der Waals surface area contributed by atoms with E-state index in [0.29, 0.717) is 6.04 Å². The monoisotopic (exact) mass is 219 g/mol. The topological polar surface area (TPSA) is 33.6 Å². The Labute approximate surface area is 93.1 Å². The molecule has 0 spiro atoms. The van der Waals surface area contributed by atoms with E-state index >= 15 is 0 Å². The Morgan fingerprint density at radius 2 is 2.33 bits per heavy atom. The van der Waals surface area contributed by atoms with Crippen molar-refractivity contribution in [3.8, 4) is 0 Å². The van der Waals surface area contributed by atoms with Gasteiger partial charge in [-0.1, -0.05) is 6.92 Å². The molecule has 2 atom stereocenters. The first-order valence-corrected chi connectivity index (χ1v) is 5.64. The van der Waals surface area contributed by atoms with Gasteiger partial charge >= 0.3 is 0 Å². The maximum Gasteiger partial charge on any atom is 0.179 e. The zero-order valence-electron chi connectivity index (χ0n) is 8.82. The second-order valence-electron chi connectivity index (χ2n) is 4.46. The largest absolute Gasteiger partial charge is 0.329 e. The van der Waals surface area contributed by atoms with Gasteiger partial charge in [-0.2, -0.15) is 0 Å². The Morgan fingerprint density at radius 3 is 3.00 bits per heavy atom. The van der Waals surface area contributed by atoms with Gasteiger partial charge in [0.15, 0.2) is 10.4 Å². The lowest BCUT2D eigenvalue weighted by atomic mass is 10.3. The first-order chi connectivity index (χ1) is 7.16. The number of imidazole rings is 1. The van der Waals surface area contributed by atoms with Gasteiger partial charge in [-0.3, -0.25) is 4.57 Å². The zero-order chi connectivity index (χ0) is 10.6. The van der Waals surface area contributed by atoms with Crippen LogP contribution in [-0.4, -0.2) is 14.5 Å². The molecule has 0 bridgehead atoms. The Morgan fingerprint density at radius 1 is 1.60 bits per heavy atom. The van der Waals surface area contributed by atoms with Crippen LogP contribution in [0.25, 0.3) is 11.2 Å². The number of nitrogens with one attached hydrogen (secondary N) is 1. The molecule has 2 aromatic heterocycles. The van der Waals surface area contributed by atoms with E-state index in [0.717, 1.165) is 27.4 Å². The molecule has 0 aliphatic heterocycles. The molecule has 1 aliphatic rings. The molecule has 1 fully saturated rings. The fourth-order valence-electron chi connectivity index (χ4n) is 2.09. The van der Waals surface area contributed by atoms with Crippen molar-refractivity contribution >= 4 is 23.4 Å². The summed E-state index contributed by atoms with van der Waals surface area (Å²) < 4.78 is 2.96. The number of hydrogen-bond donors (Lipinski definition) is 1. The SMILES string of the molecule is Cc1cnc2c(c1)[nH]c(=S)n2C1CC1C. The summed E-state index contributed by atoms with van der Waals surface area (Å²) in [5.74, 6) is 0.735. The highest BCUT2D eigenvalue weighted by Gasteiger charge is 2.36. The van der Waals surface area contributed by atoms with Gasteiger partial charge in [0.1, 0.15) is 0 Å². The van der Waals surface area contributed by atoms with Gasteiger partial charge in [-0.25, -0.2) is 4.98 Å². The van der Waals surface area contributed by atoms with E-state index in [4.69, 9.17) is 12.2 Å². The Hall–Kier alpha value is -1.16. The van der Waals surface area contributed by atoms with Crippen LogP contribution in [0, 0.1) is 17.6 Å². The molecule has 3 nitrogen and oxygen atoms in total. The fourth-order valence-corrected chi connectivity index (χ4v) is 2.42. The molecule has 1 N–H and O–H groups in total. The van der Waals surface area contributed by atoms with Crippen LogP contribution in [0.3, 0.4) is 0 Å². The van der Waals surface area contributed by atoms with E-state index in [1.54, 1.807) is 0 Å². The molecule has 0 radical (unpaired) electrons. The van der Waals surface area contributed by atoms with Crippen molar-refractivity contribution in [3.05, 3.63) is 22.6 Å². The minimum atomic E-state index is 0.557. The van der Waals surface area contributed by atoms with Crippen LogP contribution >= 0.6 is 12.2 Å². The molecule has 2 unspecified atom stereocenters. The van der Waals surface area contributed by atoms with E-state index in [-0.39, 0.29) is 0 Å². The average Bonchev–Trinajstić information content (AvgIpc) is 2.77. The smallest absolute Gasteiger partial charge is 0.179 e. The van der Waals surface area contributed by atoms with Crippen LogP contribution in [0.1, 0.15) is 24.9 Å². The summed E-state index contributed by atoms with van der Waals surface area (Å²) >= 11 is 5.33. The molecule has 4 heteroatoms. The first kappa shape index (κ1) is 9.09. The molecular weight excluding hydrogens is 206 g/mol. The molecule has 0 amide bonds. The third-order valence-electron chi connectivity index (χ3n) is 3.09. The number of aryl methyl sites for hydroxylation is 1. The number of aromatic nitrogens is 3. The minimum Gasteiger partial charge on any atom is -0.329 e. The lowest BCUT2D eigenvalue weighted by molar-refractivity contribution is 0.689. The molecule has 2 heterocycles. The summed E-state index contributed by atoms with van der Waals surface area (Å²) in [6, 6.07) is 2.66. The minimum absolute atomic E-state index is 0.557. The van der Waals surface area contributed by atoms with Crippen molar-refractivity contribution in [1.29, 1.82) is 0 Å². The number of pyridine rings is 1. The van der Waals surface area contributed by atoms with Crippen molar-refractivity contribution in [2.24, 2.45) is 5.92 Å². The first-order valence-electron chi connectivity index (χ1n) is 5.23. The van der Waals surface area contributed by atoms with E-state index in [1.807, 2.05) is 13.1 Å². The van der Waals surface area contributed by atoms with Gasteiger partial charge in [0.25, 0.3) is 0 Å². The molecule has 15 heavy (non-hydrogen) atoms. The molecule has 0 saturated heterocycles. The summed E-state index contributed by atoms with van der Waals surface area (Å²) in [5, 5.41) is 0. The Bertz CT molecular complexity index is 581. The molecule has 2 aromatic rings. The van der Waals surface area contributed by atoms with Gasteiger partial charge in [0, 0.05) is 12.2 Å². The molecular formula is C11H13N3S. The molecule has 1 aliphatic carbocycles. The highest BCUT2D eigenvalue weighted by molar-refractivity contribution is 7.71. The third-order valence-corrected chi connectivity index (χ3v) is 3.39. The third kappa shape index (κ3) is 1.32. The second kappa shape index (κ2) is 2.92. The summed E-state index contributed by atoms with van der Waals surface area (Å²) in [5.41, 5.74) is 3.22. The van der Waals surface area contributed by atoms with Crippen molar-refractivity contribution < 1.29 is 0 Å². The number of nitrogens with zero attached hydrogens (tertiary/aromatic N) is 2. The maximum absolute atomic E-state index is 5.33. The predicted molar refractivity (Wildman–Crippen MR) is 62.5 cm³/mol. The van der Waals surface area contributed by atoms with Crippen molar-refractivity contribution in [1.82, 2.24) is 14.5 Å². The van der Waals surface area contributed by atoms with Crippen LogP contribution in [0.2, 0.25) is 0 Å². The fraction of sp³-hybridized carbons (Fsp3) is 0.455. The predicted octanol–water partition coefficient (Wildman–Crippen LogP) is 2.98. The van der Waals surface area contributed by atoms with Crippen LogP contribution < -0.4 is 0 Å². The molecule has 78 valence electrons. The number of hydrogen-bond acceptors (Lipinski definition) is 2. The zero-order valence-corrected chi connectivity index (χ0v) is 9.64. The van der Waals surface area contributed by atoms with Crippen LogP contribution in [0.4, 0.5) is 0 Å². The summed E-state index contributed by atoms with van der Waals surface area (Å²) in [4.78, 5) is 7.69. The number of rotatable bonds is 1. The number of H-pyrrole nitrogens is 1. The van der Waals surface area contributed by atoms with Crippen molar-refractivity contribution in [2.45, 2.75) is 26.3 Å². The highest BCUT2D eigenvalue weighted by atomic mass is 32.1. The van der Waals surface area contributed by atoms with Gasteiger partial charge in [0.05, 0.1) is 5.52 Å². The van der Waals surface area contributed by atoms with Crippen molar-refractivity contribution in [2.75, 3.05) is 0 Å². The lowest BCUT2D eigenvalue weighted by Gasteiger charge is -2.00. The second-order valence-corrected chi connectivity index (χ2v) is 4.85. The van der Waals surface area contributed by atoms with Crippen molar-refractivity contribution in [3.63, 3.8) is 0 Å². The van der Waals surface area contributed by atoms with E-state index in [9.17, 15) is 0 Å². The van der Waals surface area contributed by atoms with Gasteiger partial charge in [-0.05, 0) is 43.1 Å².